The minimum atomic E-state index is -3.69. The number of aryl methyl sites for hydroxylation is 1. The summed E-state index contributed by atoms with van der Waals surface area (Å²) in [6, 6.07) is 4.51. The van der Waals surface area contributed by atoms with Crippen molar-refractivity contribution in [1.82, 2.24) is 14.5 Å². The molecule has 1 saturated heterocycles. The third-order valence-corrected chi connectivity index (χ3v) is 6.62. The minimum absolute atomic E-state index is 0.0415. The van der Waals surface area contributed by atoms with Crippen LogP contribution in [-0.2, 0) is 17.1 Å². The number of rotatable bonds is 4. The fraction of sp³-hybridized carbons (Fsp3) is 0.375. The molecule has 26 heavy (non-hydrogen) atoms. The molecule has 10 heteroatoms. The summed E-state index contributed by atoms with van der Waals surface area (Å²) < 4.78 is 42.1. The Morgan fingerprint density at radius 3 is 2.46 bits per heavy atom. The number of hydrogen-bond donors (Lipinski definition) is 1. The van der Waals surface area contributed by atoms with Gasteiger partial charge in [0, 0.05) is 26.2 Å². The summed E-state index contributed by atoms with van der Waals surface area (Å²) in [6.45, 7) is 1.17. The Morgan fingerprint density at radius 2 is 1.85 bits per heavy atom. The molecule has 2 aromatic rings. The van der Waals surface area contributed by atoms with Crippen LogP contribution in [0, 0.1) is 5.82 Å². The summed E-state index contributed by atoms with van der Waals surface area (Å²) in [5.41, 5.74) is 0.481. The Hall–Kier alpha value is -1.78. The number of benzene rings is 1. The largest absolute Gasteiger partial charge is 0.369 e. The number of hydrogen-bond acceptors (Lipinski definition) is 5. The first-order valence-electron chi connectivity index (χ1n) is 8.02. The molecule has 3 rings (SSSR count). The number of nitrogens with zero attached hydrogens (tertiary/aromatic N) is 3. The average Bonchev–Trinajstić information content (AvgIpc) is 2.61. The second-order valence-electron chi connectivity index (χ2n) is 6.11. The Labute approximate surface area is 159 Å². The quantitative estimate of drug-likeness (QED) is 0.774. The van der Waals surface area contributed by atoms with Gasteiger partial charge in [0.15, 0.2) is 0 Å². The number of aromatic nitrogens is 2. The number of halogens is 2. The maximum atomic E-state index is 13.0. The lowest BCUT2D eigenvalue weighted by atomic mass is 10.1. The molecule has 1 fully saturated rings. The van der Waals surface area contributed by atoms with Crippen molar-refractivity contribution in [1.29, 1.82) is 0 Å². The van der Waals surface area contributed by atoms with Crippen LogP contribution in [0.25, 0.3) is 0 Å². The van der Waals surface area contributed by atoms with Crippen molar-refractivity contribution in [3.05, 3.63) is 51.1 Å². The molecule has 140 valence electrons. The molecule has 0 spiro atoms. The van der Waals surface area contributed by atoms with Crippen molar-refractivity contribution in [2.45, 2.75) is 23.8 Å². The van der Waals surface area contributed by atoms with Crippen LogP contribution in [0.1, 0.15) is 12.8 Å². The molecule has 0 unspecified atom stereocenters. The Balaban J connectivity index is 1.66. The van der Waals surface area contributed by atoms with E-state index >= 15 is 0 Å². The van der Waals surface area contributed by atoms with Crippen LogP contribution in [0.4, 0.5) is 10.1 Å². The molecule has 2 heterocycles. The first kappa shape index (κ1) is 19.0. The summed E-state index contributed by atoms with van der Waals surface area (Å²) in [5.74, 6) is -0.481. The molecule has 1 N–H and O–H groups in total. The molecule has 7 nitrogen and oxygen atoms in total. The summed E-state index contributed by atoms with van der Waals surface area (Å²) >= 11 is 3.31. The van der Waals surface area contributed by atoms with E-state index in [1.165, 1.54) is 16.8 Å². The number of anilines is 1. The first-order chi connectivity index (χ1) is 12.3. The van der Waals surface area contributed by atoms with Gasteiger partial charge in [0.05, 0.1) is 16.8 Å². The zero-order valence-electron chi connectivity index (χ0n) is 14.0. The topological polar surface area (TPSA) is 84.3 Å². The number of sulfonamides is 1. The van der Waals surface area contributed by atoms with E-state index in [0.29, 0.717) is 36.1 Å². The van der Waals surface area contributed by atoms with Crippen LogP contribution in [0.2, 0.25) is 0 Å². The zero-order chi connectivity index (χ0) is 18.9. The second kappa shape index (κ2) is 7.45. The third kappa shape index (κ3) is 3.97. The van der Waals surface area contributed by atoms with E-state index in [1.54, 1.807) is 13.2 Å². The lowest BCUT2D eigenvalue weighted by molar-refractivity contribution is 0.459. The first-order valence-corrected chi connectivity index (χ1v) is 10.3. The van der Waals surface area contributed by atoms with E-state index in [2.05, 4.69) is 25.8 Å². The lowest BCUT2D eigenvalue weighted by Gasteiger charge is -2.34. The van der Waals surface area contributed by atoms with Gasteiger partial charge in [-0.3, -0.25) is 4.79 Å². The van der Waals surface area contributed by atoms with Gasteiger partial charge in [0.1, 0.15) is 10.3 Å². The Morgan fingerprint density at radius 1 is 1.23 bits per heavy atom. The van der Waals surface area contributed by atoms with Crippen molar-refractivity contribution in [2.75, 3.05) is 18.0 Å². The third-order valence-electron chi connectivity index (χ3n) is 4.34. The van der Waals surface area contributed by atoms with Gasteiger partial charge in [-0.1, -0.05) is 0 Å². The second-order valence-corrected chi connectivity index (χ2v) is 8.62. The van der Waals surface area contributed by atoms with Crippen molar-refractivity contribution in [3.8, 4) is 0 Å². The highest BCUT2D eigenvalue weighted by Crippen LogP contribution is 2.25. The normalized spacial score (nSPS) is 16.0. The van der Waals surface area contributed by atoms with E-state index in [4.69, 9.17) is 0 Å². The van der Waals surface area contributed by atoms with Crippen LogP contribution in [0.3, 0.4) is 0 Å². The van der Waals surface area contributed by atoms with Gasteiger partial charge in [-0.05, 0) is 53.0 Å². The molecular formula is C16H18BrFN4O3S. The maximum Gasteiger partial charge on any atom is 0.282 e. The van der Waals surface area contributed by atoms with Gasteiger partial charge in [-0.15, -0.1) is 0 Å². The summed E-state index contributed by atoms with van der Waals surface area (Å²) in [4.78, 5) is 14.0. The molecule has 0 aliphatic carbocycles. The Bertz CT molecular complexity index is 954. The number of nitrogens with one attached hydrogen (secondary N) is 1. The van der Waals surface area contributed by atoms with E-state index < -0.39 is 15.8 Å². The fourth-order valence-corrected chi connectivity index (χ4v) is 4.78. The lowest BCUT2D eigenvalue weighted by Crippen LogP contribution is -2.45. The average molecular weight is 445 g/mol. The van der Waals surface area contributed by atoms with Crippen LogP contribution in [0.5, 0.6) is 0 Å². The molecule has 1 aromatic carbocycles. The predicted octanol–water partition coefficient (Wildman–Crippen LogP) is 1.63. The van der Waals surface area contributed by atoms with Crippen LogP contribution < -0.4 is 15.2 Å². The van der Waals surface area contributed by atoms with Gasteiger partial charge in [0.25, 0.3) is 5.56 Å². The summed E-state index contributed by atoms with van der Waals surface area (Å²) in [7, 11) is -2.11. The standard InChI is InChI=1S/C16H18BrFN4O3S/c1-21-16(23)15(17)14(10-19-21)22-8-6-12(7-9-22)20-26(24,25)13-4-2-11(18)3-5-13/h2-5,10,12,20H,6-9H2,1H3. The molecule has 0 atom stereocenters. The number of piperidine rings is 1. The van der Waals surface area contributed by atoms with Crippen molar-refractivity contribution in [3.63, 3.8) is 0 Å². The van der Waals surface area contributed by atoms with Crippen molar-refractivity contribution >= 4 is 31.6 Å². The molecule has 0 radical (unpaired) electrons. The monoisotopic (exact) mass is 444 g/mol. The van der Waals surface area contributed by atoms with Crippen molar-refractivity contribution < 1.29 is 12.8 Å². The molecule has 0 bridgehead atoms. The highest BCUT2D eigenvalue weighted by molar-refractivity contribution is 9.10. The summed E-state index contributed by atoms with van der Waals surface area (Å²) in [5, 5.41) is 4.03. The Kier molecular flexibility index (Phi) is 5.44. The molecule has 0 saturated carbocycles. The molecule has 1 aliphatic rings. The van der Waals surface area contributed by atoms with E-state index in [1.807, 2.05) is 4.90 Å². The van der Waals surface area contributed by atoms with E-state index in [9.17, 15) is 17.6 Å². The molecule has 1 aliphatic heterocycles. The smallest absolute Gasteiger partial charge is 0.282 e. The maximum absolute atomic E-state index is 13.0. The zero-order valence-corrected chi connectivity index (χ0v) is 16.4. The van der Waals surface area contributed by atoms with Crippen LogP contribution in [0.15, 0.2) is 44.6 Å². The highest BCUT2D eigenvalue weighted by atomic mass is 79.9. The SMILES string of the molecule is Cn1ncc(N2CCC(NS(=O)(=O)c3ccc(F)cc3)CC2)c(Br)c1=O. The predicted molar refractivity (Wildman–Crippen MR) is 99.1 cm³/mol. The molecule has 0 amide bonds. The van der Waals surface area contributed by atoms with Gasteiger partial charge in [-0.25, -0.2) is 22.2 Å². The van der Waals surface area contributed by atoms with Crippen LogP contribution in [-0.4, -0.2) is 37.3 Å². The van der Waals surface area contributed by atoms with E-state index in [-0.39, 0.29) is 16.5 Å². The fourth-order valence-electron chi connectivity index (χ4n) is 2.86. The van der Waals surface area contributed by atoms with Gasteiger partial charge in [0.2, 0.25) is 10.0 Å². The highest BCUT2D eigenvalue weighted by Gasteiger charge is 2.26. The van der Waals surface area contributed by atoms with E-state index in [0.717, 1.165) is 12.1 Å². The molecule has 1 aromatic heterocycles. The molecular weight excluding hydrogens is 427 g/mol. The van der Waals surface area contributed by atoms with Gasteiger partial charge >= 0.3 is 0 Å². The van der Waals surface area contributed by atoms with Gasteiger partial charge in [-0.2, -0.15) is 5.10 Å². The van der Waals surface area contributed by atoms with Gasteiger partial charge < -0.3 is 4.90 Å². The van der Waals surface area contributed by atoms with Crippen molar-refractivity contribution in [2.24, 2.45) is 7.05 Å². The summed E-state index contributed by atoms with van der Waals surface area (Å²) in [6.07, 6.45) is 2.79. The van der Waals surface area contributed by atoms with Crippen LogP contribution >= 0.6 is 15.9 Å². The minimum Gasteiger partial charge on any atom is -0.369 e.